The Morgan fingerprint density at radius 1 is 1.50 bits per heavy atom. The van der Waals surface area contributed by atoms with E-state index in [4.69, 9.17) is 4.74 Å². The molecule has 1 heterocycles. The second-order valence-corrected chi connectivity index (χ2v) is 6.10. The van der Waals surface area contributed by atoms with Crippen molar-refractivity contribution in [2.75, 3.05) is 12.9 Å². The molecular weight excluding hydrogens is 218 g/mol. The molecule has 1 aliphatic heterocycles. The maximum Gasteiger partial charge on any atom is 0.122 e. The second-order valence-electron chi connectivity index (χ2n) is 4.58. The minimum atomic E-state index is 0.147. The highest BCUT2D eigenvalue weighted by Gasteiger charge is 2.33. The number of nitrogens with one attached hydrogen (secondary N) is 1. The smallest absolute Gasteiger partial charge is 0.122 e. The molecule has 1 aromatic rings. The van der Waals surface area contributed by atoms with Crippen molar-refractivity contribution >= 4 is 11.8 Å². The quantitative estimate of drug-likeness (QED) is 0.873. The number of ether oxygens (including phenoxy) is 1. The minimum absolute atomic E-state index is 0.147. The Morgan fingerprint density at radius 2 is 2.25 bits per heavy atom. The summed E-state index contributed by atoms with van der Waals surface area (Å²) in [6.07, 6.45) is 1.01. The molecule has 2 atom stereocenters. The van der Waals surface area contributed by atoms with E-state index in [-0.39, 0.29) is 4.87 Å². The number of hydrogen-bond acceptors (Lipinski definition) is 3. The lowest BCUT2D eigenvalue weighted by atomic mass is 10.1. The van der Waals surface area contributed by atoms with Crippen molar-refractivity contribution in [2.45, 2.75) is 31.2 Å². The predicted molar refractivity (Wildman–Crippen MR) is 70.2 cm³/mol. The average Bonchev–Trinajstić information content (AvgIpc) is 2.59. The van der Waals surface area contributed by atoms with Gasteiger partial charge in [0.2, 0.25) is 0 Å². The molecule has 2 unspecified atom stereocenters. The summed E-state index contributed by atoms with van der Waals surface area (Å²) in [7, 11) is 1.74. The van der Waals surface area contributed by atoms with Crippen LogP contribution in [-0.2, 0) is 6.42 Å². The van der Waals surface area contributed by atoms with Crippen LogP contribution in [0, 0.1) is 0 Å². The van der Waals surface area contributed by atoms with E-state index in [9.17, 15) is 0 Å². The highest BCUT2D eigenvalue weighted by molar-refractivity contribution is 8.00. The van der Waals surface area contributed by atoms with E-state index in [0.29, 0.717) is 6.04 Å². The number of benzene rings is 1. The van der Waals surface area contributed by atoms with Crippen LogP contribution in [0.2, 0.25) is 0 Å². The molecule has 0 spiro atoms. The molecule has 2 rings (SSSR count). The minimum Gasteiger partial charge on any atom is -0.496 e. The standard InChI is InChI=1S/C13H19NOS/c1-10-9-16-13(2,14-10)8-11-6-4-5-7-12(11)15-3/h4-7,10,14H,8-9H2,1-3H3. The van der Waals surface area contributed by atoms with Crippen LogP contribution in [0.15, 0.2) is 24.3 Å². The van der Waals surface area contributed by atoms with Gasteiger partial charge in [0.15, 0.2) is 0 Å². The lowest BCUT2D eigenvalue weighted by Crippen LogP contribution is -2.39. The van der Waals surface area contributed by atoms with E-state index < -0.39 is 0 Å². The molecule has 1 aliphatic rings. The van der Waals surface area contributed by atoms with Crippen molar-refractivity contribution in [3.63, 3.8) is 0 Å². The Kier molecular flexibility index (Phi) is 3.45. The van der Waals surface area contributed by atoms with Crippen molar-refractivity contribution in [3.05, 3.63) is 29.8 Å². The molecule has 2 nitrogen and oxygen atoms in total. The van der Waals surface area contributed by atoms with Gasteiger partial charge in [-0.25, -0.2) is 0 Å². The Bertz CT molecular complexity index is 369. The lowest BCUT2D eigenvalue weighted by molar-refractivity contribution is 0.402. The molecule has 3 heteroatoms. The number of methoxy groups -OCH3 is 1. The van der Waals surface area contributed by atoms with Crippen LogP contribution in [0.25, 0.3) is 0 Å². The third-order valence-corrected chi connectivity index (χ3v) is 4.49. The SMILES string of the molecule is COc1ccccc1CC1(C)NC(C)CS1. The highest BCUT2D eigenvalue weighted by Crippen LogP contribution is 2.35. The van der Waals surface area contributed by atoms with Crippen LogP contribution in [-0.4, -0.2) is 23.8 Å². The van der Waals surface area contributed by atoms with Gasteiger partial charge in [-0.05, 0) is 25.5 Å². The van der Waals surface area contributed by atoms with E-state index in [0.717, 1.165) is 12.2 Å². The fraction of sp³-hybridized carbons (Fsp3) is 0.538. The van der Waals surface area contributed by atoms with Crippen LogP contribution >= 0.6 is 11.8 Å². The van der Waals surface area contributed by atoms with Crippen molar-refractivity contribution in [2.24, 2.45) is 0 Å². The average molecular weight is 237 g/mol. The molecule has 1 aromatic carbocycles. The summed E-state index contributed by atoms with van der Waals surface area (Å²) in [6, 6.07) is 8.87. The van der Waals surface area contributed by atoms with Crippen LogP contribution in [0.5, 0.6) is 5.75 Å². The molecule has 1 saturated heterocycles. The monoisotopic (exact) mass is 237 g/mol. The van der Waals surface area contributed by atoms with Crippen molar-refractivity contribution < 1.29 is 4.74 Å². The molecule has 0 saturated carbocycles. The molecule has 0 radical (unpaired) electrons. The Labute approximate surface area is 102 Å². The van der Waals surface area contributed by atoms with Crippen LogP contribution in [0.4, 0.5) is 0 Å². The molecule has 0 amide bonds. The lowest BCUT2D eigenvalue weighted by Gasteiger charge is -2.25. The first kappa shape index (κ1) is 11.8. The van der Waals surface area contributed by atoms with Gasteiger partial charge < -0.3 is 4.74 Å². The van der Waals surface area contributed by atoms with Crippen molar-refractivity contribution in [3.8, 4) is 5.75 Å². The van der Waals surface area contributed by atoms with Crippen LogP contribution in [0.1, 0.15) is 19.4 Å². The van der Waals surface area contributed by atoms with E-state index in [1.54, 1.807) is 7.11 Å². The Balaban J connectivity index is 2.14. The van der Waals surface area contributed by atoms with Crippen molar-refractivity contribution in [1.82, 2.24) is 5.32 Å². The Morgan fingerprint density at radius 3 is 2.88 bits per heavy atom. The van der Waals surface area contributed by atoms with E-state index in [2.05, 4.69) is 31.3 Å². The number of para-hydroxylation sites is 1. The largest absolute Gasteiger partial charge is 0.496 e. The van der Waals surface area contributed by atoms with Gasteiger partial charge in [-0.1, -0.05) is 18.2 Å². The van der Waals surface area contributed by atoms with E-state index in [1.807, 2.05) is 23.9 Å². The maximum absolute atomic E-state index is 5.39. The molecule has 0 aliphatic carbocycles. The first-order chi connectivity index (χ1) is 7.63. The van der Waals surface area contributed by atoms with Gasteiger partial charge in [-0.2, -0.15) is 0 Å². The van der Waals surface area contributed by atoms with Gasteiger partial charge in [-0.15, -0.1) is 11.8 Å². The molecular formula is C13H19NOS. The number of hydrogen-bond donors (Lipinski definition) is 1. The zero-order valence-electron chi connectivity index (χ0n) is 10.1. The molecule has 0 aromatic heterocycles. The Hall–Kier alpha value is -0.670. The number of rotatable bonds is 3. The highest BCUT2D eigenvalue weighted by atomic mass is 32.2. The third kappa shape index (κ3) is 2.53. The summed E-state index contributed by atoms with van der Waals surface area (Å²) < 4.78 is 5.39. The summed E-state index contributed by atoms with van der Waals surface area (Å²) in [5.41, 5.74) is 1.28. The van der Waals surface area contributed by atoms with Crippen molar-refractivity contribution in [1.29, 1.82) is 0 Å². The molecule has 1 N–H and O–H groups in total. The second kappa shape index (κ2) is 4.68. The first-order valence-electron chi connectivity index (χ1n) is 5.66. The van der Waals surface area contributed by atoms with Gasteiger partial charge in [0, 0.05) is 18.2 Å². The number of thioether (sulfide) groups is 1. The van der Waals surface area contributed by atoms with Crippen LogP contribution < -0.4 is 10.1 Å². The third-order valence-electron chi connectivity index (χ3n) is 2.92. The molecule has 0 bridgehead atoms. The topological polar surface area (TPSA) is 21.3 Å². The zero-order valence-corrected chi connectivity index (χ0v) is 10.9. The predicted octanol–water partition coefficient (Wildman–Crippen LogP) is 2.68. The van der Waals surface area contributed by atoms with E-state index in [1.165, 1.54) is 11.3 Å². The summed E-state index contributed by atoms with van der Waals surface area (Å²) in [5.74, 6) is 2.18. The fourth-order valence-electron chi connectivity index (χ4n) is 2.23. The molecule has 16 heavy (non-hydrogen) atoms. The molecule has 1 fully saturated rings. The van der Waals surface area contributed by atoms with Gasteiger partial charge in [0.05, 0.1) is 12.0 Å². The zero-order chi connectivity index (χ0) is 11.6. The summed E-state index contributed by atoms with van der Waals surface area (Å²) >= 11 is 2.00. The normalized spacial score (nSPS) is 29.3. The van der Waals surface area contributed by atoms with Crippen LogP contribution in [0.3, 0.4) is 0 Å². The van der Waals surface area contributed by atoms with E-state index >= 15 is 0 Å². The van der Waals surface area contributed by atoms with Gasteiger partial charge in [0.25, 0.3) is 0 Å². The maximum atomic E-state index is 5.39. The van der Waals surface area contributed by atoms with Gasteiger partial charge in [-0.3, -0.25) is 5.32 Å². The molecule has 88 valence electrons. The van der Waals surface area contributed by atoms with Gasteiger partial charge in [0.1, 0.15) is 5.75 Å². The summed E-state index contributed by atoms with van der Waals surface area (Å²) in [6.45, 7) is 4.51. The van der Waals surface area contributed by atoms with Gasteiger partial charge >= 0.3 is 0 Å². The summed E-state index contributed by atoms with van der Waals surface area (Å²) in [4.78, 5) is 0.147. The fourth-order valence-corrected chi connectivity index (χ4v) is 3.47. The summed E-state index contributed by atoms with van der Waals surface area (Å²) in [5, 5.41) is 3.64. The first-order valence-corrected chi connectivity index (χ1v) is 6.65.